The Hall–Kier alpha value is 0.198. The summed E-state index contributed by atoms with van der Waals surface area (Å²) in [6.07, 6.45) is 0. The molecule has 0 amide bonds. The Balaban J connectivity index is -0.0000000263. The Morgan fingerprint density at radius 3 is 0.929 bits per heavy atom. The van der Waals surface area contributed by atoms with Crippen molar-refractivity contribution in [1.82, 2.24) is 0 Å². The van der Waals surface area contributed by atoms with Gasteiger partial charge in [-0.3, -0.25) is 8.92 Å². The van der Waals surface area contributed by atoms with Gasteiger partial charge >= 0.3 is 88.3 Å². The topological polar surface area (TPSA) is 162 Å². The van der Waals surface area contributed by atoms with Crippen molar-refractivity contribution in [3.8, 4) is 0 Å². The first kappa shape index (κ1) is 29.2. The van der Waals surface area contributed by atoms with Gasteiger partial charge in [-0.1, -0.05) is 0 Å². The van der Waals surface area contributed by atoms with E-state index in [2.05, 4.69) is 4.12 Å². The van der Waals surface area contributed by atoms with Crippen LogP contribution in [0.1, 0.15) is 0 Å². The minimum atomic E-state index is -1.42. The molecule has 0 rings (SSSR count). The zero-order valence-corrected chi connectivity index (χ0v) is 13.2. The molecule has 0 spiro atoms. The minimum absolute atomic E-state index is 0.580. The van der Waals surface area contributed by atoms with E-state index in [0.29, 0.717) is 0 Å². The van der Waals surface area contributed by atoms with Crippen LogP contribution in [0.15, 0.2) is 0 Å². The number of rotatable bonds is 0. The summed E-state index contributed by atoms with van der Waals surface area (Å²) in [7, 11) is -2.58. The number of nitrogens with zero attached hydrogens (tertiary/aromatic N) is 5. The third kappa shape index (κ3) is 317. The maximum absolute atomic E-state index is 8.40. The monoisotopic (exact) mass is 283 g/mol. The van der Waals surface area contributed by atoms with Crippen molar-refractivity contribution < 1.29 is 13.0 Å². The molecule has 0 aromatic heterocycles. The van der Waals surface area contributed by atoms with E-state index in [4.69, 9.17) is 31.2 Å². The summed E-state index contributed by atoms with van der Waals surface area (Å²) in [6, 6.07) is 0. The molecule has 0 aromatic carbocycles. The summed E-state index contributed by atoms with van der Waals surface area (Å²) in [5.74, 6) is 0. The fourth-order valence-electron chi connectivity index (χ4n) is 0.0204. The van der Waals surface area contributed by atoms with Crippen LogP contribution in [0.5, 0.6) is 0 Å². The average Bonchev–Trinajstić information content (AvgIpc) is 2.29. The van der Waals surface area contributed by atoms with Crippen molar-refractivity contribution in [3.63, 3.8) is 0 Å². The van der Waals surface area contributed by atoms with Crippen molar-refractivity contribution in [2.45, 2.75) is 0 Å². The zero-order chi connectivity index (χ0) is 12.8. The third-order valence-corrected chi connectivity index (χ3v) is 0.822. The Bertz CT molecular complexity index is 227. The van der Waals surface area contributed by atoms with Crippen molar-refractivity contribution in [3.05, 3.63) is 0 Å². The van der Waals surface area contributed by atoms with Gasteiger partial charge in [0.2, 0.25) is 0 Å². The molecule has 0 fully saturated rings. The first-order valence-electron chi connectivity index (χ1n) is 2.04. The van der Waals surface area contributed by atoms with Gasteiger partial charge in [-0.05, 0) is 0 Å². The fourth-order valence-corrected chi connectivity index (χ4v) is 0.184. The van der Waals surface area contributed by atoms with E-state index in [1.54, 1.807) is 0 Å². The zero-order valence-electron chi connectivity index (χ0n) is 6.69. The van der Waals surface area contributed by atoms with Crippen LogP contribution in [0.25, 0.3) is 0 Å². The van der Waals surface area contributed by atoms with Crippen LogP contribution in [0.3, 0.4) is 0 Å². The third-order valence-electron chi connectivity index (χ3n) is 0.0913. The molecule has 0 N–H and O–H groups in total. The van der Waals surface area contributed by atoms with E-state index in [9.17, 15) is 0 Å². The van der Waals surface area contributed by atoms with Gasteiger partial charge in [-0.25, -0.2) is 9.77 Å². The Morgan fingerprint density at radius 2 is 0.929 bits per heavy atom. The van der Waals surface area contributed by atoms with Gasteiger partial charge < -0.3 is 4.12 Å². The summed E-state index contributed by atoms with van der Waals surface area (Å²) < 4.78 is 41.6. The average molecular weight is 283 g/mol. The first-order chi connectivity index (χ1) is 6.83. The summed E-state index contributed by atoms with van der Waals surface area (Å²) in [4.78, 5) is 15.4. The van der Waals surface area contributed by atoms with Gasteiger partial charge in [0.05, 0.1) is 0 Å². The molecule has 0 aliphatic carbocycles. The van der Waals surface area contributed by atoms with E-state index >= 15 is 0 Å². The van der Waals surface area contributed by atoms with Gasteiger partial charge in [-0.15, -0.1) is 0 Å². The molecule has 0 saturated heterocycles. The molecule has 0 unspecified atom stereocenters. The molecule has 8 nitrogen and oxygen atoms in total. The van der Waals surface area contributed by atoms with E-state index in [-0.39, 0.29) is 0 Å². The maximum atomic E-state index is 8.40. The van der Waals surface area contributed by atoms with Crippen LogP contribution in [0.2, 0.25) is 0 Å². The number of hydrogen-bond acceptors (Lipinski definition) is 8. The Kier molecular flexibility index (Phi) is 233. The molecule has 0 aliphatic rings. The quantitative estimate of drug-likeness (QED) is 0.440. The Labute approximate surface area is 110 Å². The predicted molar refractivity (Wildman–Crippen MR) is 45.6 cm³/mol. The molecule has 0 saturated carbocycles. The molecule has 64 valence electrons. The molecule has 0 aromatic rings. The second-order valence-corrected chi connectivity index (χ2v) is 1.72. The van der Waals surface area contributed by atoms with E-state index in [1.807, 2.05) is 0 Å². The van der Waals surface area contributed by atoms with Crippen molar-refractivity contribution in [1.29, 1.82) is 22.3 Å². The van der Waals surface area contributed by atoms with Crippen LogP contribution < -0.4 is 0 Å². The van der Waals surface area contributed by atoms with Crippen LogP contribution in [-0.2, 0) is 13.0 Å². The fraction of sp³-hybridized carbons (Fsp3) is 0. The second kappa shape index (κ2) is 111. The molecule has 0 heterocycles. The summed E-state index contributed by atoms with van der Waals surface area (Å²) >= 11 is 4.25. The van der Waals surface area contributed by atoms with Crippen molar-refractivity contribution >= 4 is 75.8 Å². The van der Waals surface area contributed by atoms with Crippen molar-refractivity contribution in [2.24, 2.45) is 0 Å². The van der Waals surface area contributed by atoms with Crippen LogP contribution in [0.4, 0.5) is 0 Å². The molecule has 0 radical (unpaired) electrons. The molecule has 0 bridgehead atoms. The normalized spacial score (nSPS) is 2.93. The van der Waals surface area contributed by atoms with Gasteiger partial charge in [-0.2, -0.15) is 0 Å². The summed E-state index contributed by atoms with van der Waals surface area (Å²) in [5.41, 5.74) is 0. The first-order valence-corrected chi connectivity index (χ1v) is 6.11. The molecule has 14 heteroatoms. The molecular formula is Al3N5O3Si3. The van der Waals surface area contributed by atoms with Gasteiger partial charge in [0, 0.05) is 0 Å². The second-order valence-electron chi connectivity index (χ2n) is 0.368. The Morgan fingerprint density at radius 1 is 0.786 bits per heavy atom. The molecule has 14 heavy (non-hydrogen) atoms. The molecule has 0 atom stereocenters. The number of hydrogen-bond donors (Lipinski definition) is 0. The van der Waals surface area contributed by atoms with Gasteiger partial charge in [0.1, 0.15) is 0 Å². The van der Waals surface area contributed by atoms with Crippen LogP contribution in [-0.4, -0.2) is 75.8 Å². The molecular weight excluding hydrogens is 283 g/mol. The summed E-state index contributed by atoms with van der Waals surface area (Å²) in [5, 5.41) is 0. The predicted octanol–water partition coefficient (Wildman–Crippen LogP) is -2.52. The van der Waals surface area contributed by atoms with Crippen molar-refractivity contribution in [2.75, 3.05) is 0 Å². The standard InChI is InChI=1S/3Al.N2OSi2.3N.O2Si/c;;;1-4-3-5-2;;;;1-3-2. The van der Waals surface area contributed by atoms with E-state index in [1.165, 1.54) is 47.8 Å². The van der Waals surface area contributed by atoms with Gasteiger partial charge in [0.15, 0.2) is 0 Å². The van der Waals surface area contributed by atoms with Gasteiger partial charge in [0.25, 0.3) is 0 Å². The molecule has 0 aliphatic heterocycles. The summed E-state index contributed by atoms with van der Waals surface area (Å²) in [6.45, 7) is 0. The van der Waals surface area contributed by atoms with E-state index < -0.39 is 28.1 Å². The van der Waals surface area contributed by atoms with Crippen LogP contribution in [0, 0.1) is 22.3 Å². The van der Waals surface area contributed by atoms with E-state index in [0.717, 1.165) is 0 Å². The van der Waals surface area contributed by atoms with Crippen LogP contribution >= 0.6 is 0 Å². The SMILES string of the molecule is N#[Si]O[Si]#N.O=[Si]=O.[N]#[Al].[N]#[Al].[N]#[Al].